The van der Waals surface area contributed by atoms with Crippen LogP contribution in [0.2, 0.25) is 0 Å². The van der Waals surface area contributed by atoms with Gasteiger partial charge in [0.25, 0.3) is 0 Å². The van der Waals surface area contributed by atoms with Crippen molar-refractivity contribution in [1.82, 2.24) is 0 Å². The van der Waals surface area contributed by atoms with Gasteiger partial charge in [0.1, 0.15) is 0 Å². The summed E-state index contributed by atoms with van der Waals surface area (Å²) in [6.07, 6.45) is 0. The smallest absolute Gasteiger partial charge is 0.387 e. The summed E-state index contributed by atoms with van der Waals surface area (Å²) in [7, 11) is 0. The van der Waals surface area contributed by atoms with Gasteiger partial charge >= 0.3 is 18.3 Å². The van der Waals surface area contributed by atoms with Crippen LogP contribution >= 0.6 is 0 Å². The molecule has 0 aliphatic rings. The van der Waals surface area contributed by atoms with Crippen LogP contribution in [-0.4, -0.2) is 22.6 Å². The Balaban J connectivity index is 3.39. The standard InChI is InChI=1S/C8H4F3NO5/c9-4-1-3(7(13)14)2-5(17-8(10)11)6(4)12(15)16/h1-2,8H,(H,13,14). The molecule has 17 heavy (non-hydrogen) atoms. The van der Waals surface area contributed by atoms with E-state index in [-0.39, 0.29) is 0 Å². The zero-order chi connectivity index (χ0) is 13.2. The van der Waals surface area contributed by atoms with Crippen molar-refractivity contribution in [2.24, 2.45) is 0 Å². The molecule has 0 unspecified atom stereocenters. The van der Waals surface area contributed by atoms with Gasteiger partial charge in [0, 0.05) is 6.07 Å². The number of ether oxygens (including phenoxy) is 1. The molecule has 1 rings (SSSR count). The molecule has 0 atom stereocenters. The molecule has 0 radical (unpaired) electrons. The number of alkyl halides is 2. The first kappa shape index (κ1) is 12.7. The van der Waals surface area contributed by atoms with E-state index in [0.29, 0.717) is 12.1 Å². The van der Waals surface area contributed by atoms with Crippen LogP contribution in [0.25, 0.3) is 0 Å². The summed E-state index contributed by atoms with van der Waals surface area (Å²) in [6.45, 7) is -3.43. The number of hydrogen-bond acceptors (Lipinski definition) is 4. The molecule has 0 spiro atoms. The fraction of sp³-hybridized carbons (Fsp3) is 0.125. The number of carboxylic acid groups (broad SMARTS) is 1. The lowest BCUT2D eigenvalue weighted by atomic mass is 10.2. The van der Waals surface area contributed by atoms with E-state index < -0.39 is 40.3 Å². The summed E-state index contributed by atoms with van der Waals surface area (Å²) >= 11 is 0. The van der Waals surface area contributed by atoms with Crippen LogP contribution in [0.15, 0.2) is 12.1 Å². The van der Waals surface area contributed by atoms with E-state index >= 15 is 0 Å². The third-order valence-corrected chi connectivity index (χ3v) is 1.67. The Kier molecular flexibility index (Phi) is 3.51. The third kappa shape index (κ3) is 2.83. The zero-order valence-electron chi connectivity index (χ0n) is 7.89. The number of carboxylic acids is 1. The van der Waals surface area contributed by atoms with E-state index in [0.717, 1.165) is 0 Å². The Bertz CT molecular complexity index is 476. The molecule has 0 aliphatic carbocycles. The van der Waals surface area contributed by atoms with E-state index in [1.165, 1.54) is 0 Å². The first-order chi connectivity index (χ1) is 7.82. The number of halogens is 3. The number of aromatic carboxylic acids is 1. The molecule has 9 heteroatoms. The Morgan fingerprint density at radius 3 is 2.47 bits per heavy atom. The van der Waals surface area contributed by atoms with Crippen LogP contribution in [0.4, 0.5) is 18.9 Å². The second-order valence-electron chi connectivity index (χ2n) is 2.75. The molecule has 0 saturated carbocycles. The van der Waals surface area contributed by atoms with E-state index in [1.807, 2.05) is 0 Å². The number of nitro groups is 1. The number of nitrogens with zero attached hydrogens (tertiary/aromatic N) is 1. The van der Waals surface area contributed by atoms with Crippen molar-refractivity contribution in [2.75, 3.05) is 0 Å². The molecule has 1 aromatic carbocycles. The Morgan fingerprint density at radius 2 is 2.06 bits per heavy atom. The highest BCUT2D eigenvalue weighted by Gasteiger charge is 2.26. The Hall–Kier alpha value is -2.32. The van der Waals surface area contributed by atoms with Crippen LogP contribution in [0.1, 0.15) is 10.4 Å². The molecule has 0 saturated heterocycles. The normalized spacial score (nSPS) is 10.4. The van der Waals surface area contributed by atoms with Crippen molar-refractivity contribution in [2.45, 2.75) is 6.61 Å². The van der Waals surface area contributed by atoms with E-state index in [9.17, 15) is 28.1 Å². The summed E-state index contributed by atoms with van der Waals surface area (Å²) in [6, 6.07) is 0.800. The topological polar surface area (TPSA) is 89.7 Å². The second kappa shape index (κ2) is 4.68. The molecule has 0 heterocycles. The predicted molar refractivity (Wildman–Crippen MR) is 46.6 cm³/mol. The highest BCUT2D eigenvalue weighted by molar-refractivity contribution is 5.88. The minimum atomic E-state index is -3.43. The van der Waals surface area contributed by atoms with Gasteiger partial charge in [0.15, 0.2) is 0 Å². The second-order valence-corrected chi connectivity index (χ2v) is 2.75. The fourth-order valence-electron chi connectivity index (χ4n) is 1.06. The van der Waals surface area contributed by atoms with Crippen molar-refractivity contribution < 1.29 is 32.7 Å². The highest BCUT2D eigenvalue weighted by atomic mass is 19.3. The largest absolute Gasteiger partial charge is 0.478 e. The van der Waals surface area contributed by atoms with Crippen molar-refractivity contribution in [1.29, 1.82) is 0 Å². The van der Waals surface area contributed by atoms with Crippen molar-refractivity contribution in [3.8, 4) is 5.75 Å². The van der Waals surface area contributed by atoms with Gasteiger partial charge in [-0.3, -0.25) is 10.1 Å². The van der Waals surface area contributed by atoms with Crippen LogP contribution in [0.5, 0.6) is 5.75 Å². The number of benzene rings is 1. The Morgan fingerprint density at radius 1 is 1.47 bits per heavy atom. The summed E-state index contributed by atoms with van der Waals surface area (Å²) in [4.78, 5) is 19.6. The lowest BCUT2D eigenvalue weighted by Crippen LogP contribution is -2.08. The van der Waals surface area contributed by atoms with Gasteiger partial charge in [0.2, 0.25) is 11.6 Å². The van der Waals surface area contributed by atoms with Crippen LogP contribution in [-0.2, 0) is 0 Å². The molecular formula is C8H4F3NO5. The van der Waals surface area contributed by atoms with Gasteiger partial charge in [0.05, 0.1) is 10.5 Å². The average molecular weight is 251 g/mol. The summed E-state index contributed by atoms with van der Waals surface area (Å²) < 4.78 is 40.7. The van der Waals surface area contributed by atoms with E-state index in [2.05, 4.69) is 4.74 Å². The van der Waals surface area contributed by atoms with Crippen molar-refractivity contribution in [3.63, 3.8) is 0 Å². The van der Waals surface area contributed by atoms with Gasteiger partial charge in [-0.05, 0) is 6.07 Å². The van der Waals surface area contributed by atoms with E-state index in [1.54, 1.807) is 0 Å². The van der Waals surface area contributed by atoms with Gasteiger partial charge in [-0.15, -0.1) is 0 Å². The maximum absolute atomic E-state index is 13.1. The van der Waals surface area contributed by atoms with Crippen molar-refractivity contribution in [3.05, 3.63) is 33.6 Å². The number of carbonyl (C=O) groups is 1. The molecule has 0 aliphatic heterocycles. The SMILES string of the molecule is O=C(O)c1cc(F)c([N+](=O)[O-])c(OC(F)F)c1. The fourth-order valence-corrected chi connectivity index (χ4v) is 1.06. The molecular weight excluding hydrogens is 247 g/mol. The molecule has 0 bridgehead atoms. The quantitative estimate of drug-likeness (QED) is 0.653. The zero-order valence-corrected chi connectivity index (χ0v) is 7.89. The van der Waals surface area contributed by atoms with Gasteiger partial charge in [-0.2, -0.15) is 13.2 Å². The predicted octanol–water partition coefficient (Wildman–Crippen LogP) is 2.03. The molecule has 0 aromatic heterocycles. The van der Waals surface area contributed by atoms with Gasteiger partial charge in [-0.25, -0.2) is 4.79 Å². The third-order valence-electron chi connectivity index (χ3n) is 1.67. The maximum atomic E-state index is 13.1. The average Bonchev–Trinajstić information content (AvgIpc) is 2.14. The van der Waals surface area contributed by atoms with Crippen molar-refractivity contribution >= 4 is 11.7 Å². The van der Waals surface area contributed by atoms with Crippen LogP contribution in [0.3, 0.4) is 0 Å². The molecule has 1 N–H and O–H groups in total. The number of hydrogen-bond donors (Lipinski definition) is 1. The molecule has 1 aromatic rings. The monoisotopic (exact) mass is 251 g/mol. The number of rotatable bonds is 4. The number of nitro benzene ring substituents is 1. The lowest BCUT2D eigenvalue weighted by molar-refractivity contribution is -0.389. The Labute approximate surface area is 91.4 Å². The van der Waals surface area contributed by atoms with Gasteiger partial charge in [-0.1, -0.05) is 0 Å². The minimum Gasteiger partial charge on any atom is -0.478 e. The lowest BCUT2D eigenvalue weighted by Gasteiger charge is -2.06. The van der Waals surface area contributed by atoms with Crippen LogP contribution in [0, 0.1) is 15.9 Å². The summed E-state index contributed by atoms with van der Waals surface area (Å²) in [5.74, 6) is -4.33. The van der Waals surface area contributed by atoms with Gasteiger partial charge < -0.3 is 9.84 Å². The summed E-state index contributed by atoms with van der Waals surface area (Å²) in [5, 5.41) is 18.9. The summed E-state index contributed by atoms with van der Waals surface area (Å²) in [5.41, 5.74) is -2.07. The van der Waals surface area contributed by atoms with E-state index in [4.69, 9.17) is 5.11 Å². The molecule has 6 nitrogen and oxygen atoms in total. The molecule has 0 amide bonds. The van der Waals surface area contributed by atoms with Crippen LogP contribution < -0.4 is 4.74 Å². The molecule has 0 fully saturated rings. The molecule has 92 valence electrons. The highest BCUT2D eigenvalue weighted by Crippen LogP contribution is 2.32. The minimum absolute atomic E-state index is 0.346. The first-order valence-corrected chi connectivity index (χ1v) is 3.99. The first-order valence-electron chi connectivity index (χ1n) is 3.99. The maximum Gasteiger partial charge on any atom is 0.387 e.